The molecule has 1 aliphatic heterocycles. The molecular weight excluding hydrogens is 304 g/mol. The molecule has 1 aliphatic rings. The fraction of sp³-hybridized carbons (Fsp3) is 0.174. The number of hydrogen-bond acceptors (Lipinski definition) is 2. The van der Waals surface area contributed by atoms with Crippen LogP contribution in [-0.4, -0.2) is 11.5 Å². The van der Waals surface area contributed by atoms with Crippen molar-refractivity contribution in [3.63, 3.8) is 0 Å². The SMILES string of the molecule is Cc1cccc(-c2nc3ccc4ccccc4c3c3c2CNCC3)c1. The lowest BCUT2D eigenvalue weighted by molar-refractivity contribution is 0.646. The Hall–Kier alpha value is -2.71. The van der Waals surface area contributed by atoms with Gasteiger partial charge in [0.1, 0.15) is 0 Å². The third-order valence-corrected chi connectivity index (χ3v) is 5.24. The van der Waals surface area contributed by atoms with Gasteiger partial charge in [-0.15, -0.1) is 0 Å². The highest BCUT2D eigenvalue weighted by atomic mass is 14.9. The van der Waals surface area contributed by atoms with Crippen molar-refractivity contribution < 1.29 is 0 Å². The van der Waals surface area contributed by atoms with Crippen LogP contribution in [0, 0.1) is 6.92 Å². The largest absolute Gasteiger partial charge is 0.312 e. The van der Waals surface area contributed by atoms with Gasteiger partial charge in [-0.2, -0.15) is 0 Å². The van der Waals surface area contributed by atoms with Gasteiger partial charge in [0, 0.05) is 17.5 Å². The number of benzene rings is 3. The van der Waals surface area contributed by atoms with Crippen LogP contribution >= 0.6 is 0 Å². The highest BCUT2D eigenvalue weighted by Gasteiger charge is 2.20. The van der Waals surface area contributed by atoms with Crippen molar-refractivity contribution in [3.05, 3.63) is 77.4 Å². The van der Waals surface area contributed by atoms with Gasteiger partial charge in [-0.1, -0.05) is 54.1 Å². The fourth-order valence-electron chi connectivity index (χ4n) is 4.08. The Labute approximate surface area is 147 Å². The van der Waals surface area contributed by atoms with Gasteiger partial charge in [-0.3, -0.25) is 0 Å². The molecule has 0 atom stereocenters. The monoisotopic (exact) mass is 324 g/mol. The maximum atomic E-state index is 5.11. The van der Waals surface area contributed by atoms with E-state index in [0.717, 1.165) is 30.7 Å². The van der Waals surface area contributed by atoms with Gasteiger partial charge >= 0.3 is 0 Å². The zero-order valence-corrected chi connectivity index (χ0v) is 14.3. The average Bonchev–Trinajstić information content (AvgIpc) is 2.67. The first kappa shape index (κ1) is 14.6. The molecule has 0 radical (unpaired) electrons. The Bertz CT molecular complexity index is 1110. The van der Waals surface area contributed by atoms with Crippen molar-refractivity contribution in [3.8, 4) is 11.3 Å². The standard InChI is InChI=1S/C23H20N2/c1-15-5-4-7-17(13-15)23-20-14-24-12-11-19(20)22-18-8-3-2-6-16(18)9-10-21(22)25-23/h2-10,13,24H,11-12,14H2,1H3. The molecule has 0 aliphatic carbocycles. The van der Waals surface area contributed by atoms with Crippen LogP contribution < -0.4 is 5.32 Å². The van der Waals surface area contributed by atoms with Crippen molar-refractivity contribution in [2.45, 2.75) is 19.9 Å². The number of rotatable bonds is 1. The molecule has 0 fully saturated rings. The molecule has 2 heteroatoms. The van der Waals surface area contributed by atoms with Crippen LogP contribution in [0.15, 0.2) is 60.7 Å². The van der Waals surface area contributed by atoms with Gasteiger partial charge in [0.05, 0.1) is 11.2 Å². The molecule has 1 aromatic heterocycles. The maximum Gasteiger partial charge on any atom is 0.0757 e. The van der Waals surface area contributed by atoms with E-state index in [1.54, 1.807) is 0 Å². The molecule has 5 rings (SSSR count). The van der Waals surface area contributed by atoms with E-state index in [9.17, 15) is 0 Å². The summed E-state index contributed by atoms with van der Waals surface area (Å²) in [6.07, 6.45) is 1.06. The summed E-state index contributed by atoms with van der Waals surface area (Å²) in [5, 5.41) is 7.49. The Morgan fingerprint density at radius 3 is 2.76 bits per heavy atom. The van der Waals surface area contributed by atoms with Crippen LogP contribution in [-0.2, 0) is 13.0 Å². The number of aryl methyl sites for hydroxylation is 1. The summed E-state index contributed by atoms with van der Waals surface area (Å²) in [5.74, 6) is 0. The first-order valence-electron chi connectivity index (χ1n) is 8.92. The summed E-state index contributed by atoms with van der Waals surface area (Å²) in [6, 6.07) is 21.7. The maximum absolute atomic E-state index is 5.11. The molecule has 1 N–H and O–H groups in total. The van der Waals surface area contributed by atoms with Gasteiger partial charge in [-0.25, -0.2) is 4.98 Å². The number of aromatic nitrogens is 1. The molecule has 0 saturated carbocycles. The molecule has 0 amide bonds. The summed E-state index contributed by atoms with van der Waals surface area (Å²) < 4.78 is 0. The molecule has 25 heavy (non-hydrogen) atoms. The normalized spacial score (nSPS) is 14.0. The van der Waals surface area contributed by atoms with E-state index < -0.39 is 0 Å². The second kappa shape index (κ2) is 5.68. The number of nitrogens with zero attached hydrogens (tertiary/aromatic N) is 1. The van der Waals surface area contributed by atoms with Crippen LogP contribution in [0.1, 0.15) is 16.7 Å². The van der Waals surface area contributed by atoms with E-state index in [4.69, 9.17) is 4.98 Å². The molecule has 0 spiro atoms. The molecule has 0 unspecified atom stereocenters. The first-order chi connectivity index (χ1) is 12.3. The van der Waals surface area contributed by atoms with Crippen molar-refractivity contribution >= 4 is 21.7 Å². The van der Waals surface area contributed by atoms with E-state index in [-0.39, 0.29) is 0 Å². The third kappa shape index (κ3) is 2.33. The Morgan fingerprint density at radius 1 is 0.920 bits per heavy atom. The van der Waals surface area contributed by atoms with Gasteiger partial charge in [0.25, 0.3) is 0 Å². The summed E-state index contributed by atoms with van der Waals surface area (Å²) in [5.41, 5.74) is 7.56. The van der Waals surface area contributed by atoms with Gasteiger partial charge in [-0.05, 0) is 53.9 Å². The van der Waals surface area contributed by atoms with E-state index in [1.165, 1.54) is 38.4 Å². The number of hydrogen-bond donors (Lipinski definition) is 1. The molecule has 3 aromatic carbocycles. The number of fused-ring (bicyclic) bond motifs is 5. The van der Waals surface area contributed by atoms with Crippen LogP contribution in [0.25, 0.3) is 32.9 Å². The number of nitrogens with one attached hydrogen (secondary N) is 1. The van der Waals surface area contributed by atoms with Gasteiger partial charge in [0.2, 0.25) is 0 Å². The van der Waals surface area contributed by atoms with Crippen molar-refractivity contribution in [1.29, 1.82) is 0 Å². The van der Waals surface area contributed by atoms with Crippen LogP contribution in [0.3, 0.4) is 0 Å². The van der Waals surface area contributed by atoms with E-state index in [1.807, 2.05) is 0 Å². The minimum Gasteiger partial charge on any atom is -0.312 e. The molecular formula is C23H20N2. The Kier molecular flexibility index (Phi) is 3.32. The predicted octanol–water partition coefficient (Wildman–Crippen LogP) is 5.01. The van der Waals surface area contributed by atoms with Gasteiger partial charge in [0.15, 0.2) is 0 Å². The van der Waals surface area contributed by atoms with Crippen LogP contribution in [0.4, 0.5) is 0 Å². The molecule has 2 nitrogen and oxygen atoms in total. The molecule has 122 valence electrons. The zero-order chi connectivity index (χ0) is 16.8. The lowest BCUT2D eigenvalue weighted by Gasteiger charge is -2.23. The lowest BCUT2D eigenvalue weighted by atomic mass is 9.90. The van der Waals surface area contributed by atoms with E-state index >= 15 is 0 Å². The second-order valence-corrected chi connectivity index (χ2v) is 6.89. The summed E-state index contributed by atoms with van der Waals surface area (Å²) in [6.45, 7) is 4.07. The highest BCUT2D eigenvalue weighted by Crippen LogP contribution is 2.35. The molecule has 0 saturated heterocycles. The Balaban J connectivity index is 1.91. The average molecular weight is 324 g/mol. The van der Waals surface area contributed by atoms with Crippen LogP contribution in [0.2, 0.25) is 0 Å². The lowest BCUT2D eigenvalue weighted by Crippen LogP contribution is -2.25. The van der Waals surface area contributed by atoms with E-state index in [0.29, 0.717) is 0 Å². The number of pyridine rings is 1. The predicted molar refractivity (Wildman–Crippen MR) is 105 cm³/mol. The summed E-state index contributed by atoms with van der Waals surface area (Å²) in [7, 11) is 0. The fourth-order valence-corrected chi connectivity index (χ4v) is 4.08. The molecule has 0 bridgehead atoms. The second-order valence-electron chi connectivity index (χ2n) is 6.89. The topological polar surface area (TPSA) is 24.9 Å². The molecule has 4 aromatic rings. The quantitative estimate of drug-likeness (QED) is 0.498. The zero-order valence-electron chi connectivity index (χ0n) is 14.3. The molecule has 2 heterocycles. The minimum absolute atomic E-state index is 0.894. The summed E-state index contributed by atoms with van der Waals surface area (Å²) >= 11 is 0. The highest BCUT2D eigenvalue weighted by molar-refractivity contribution is 6.09. The van der Waals surface area contributed by atoms with E-state index in [2.05, 4.69) is 72.9 Å². The Morgan fingerprint density at radius 2 is 1.84 bits per heavy atom. The van der Waals surface area contributed by atoms with Crippen LogP contribution in [0.5, 0.6) is 0 Å². The van der Waals surface area contributed by atoms with Crippen molar-refractivity contribution in [2.24, 2.45) is 0 Å². The van der Waals surface area contributed by atoms with Crippen molar-refractivity contribution in [2.75, 3.05) is 6.54 Å². The smallest absolute Gasteiger partial charge is 0.0757 e. The third-order valence-electron chi connectivity index (χ3n) is 5.24. The van der Waals surface area contributed by atoms with Crippen molar-refractivity contribution in [1.82, 2.24) is 10.3 Å². The van der Waals surface area contributed by atoms with Gasteiger partial charge < -0.3 is 5.32 Å². The first-order valence-corrected chi connectivity index (χ1v) is 8.92. The minimum atomic E-state index is 0.894. The summed E-state index contributed by atoms with van der Waals surface area (Å²) in [4.78, 5) is 5.11.